The molecule has 0 bridgehead atoms. The van der Waals surface area contributed by atoms with E-state index in [2.05, 4.69) is 30.0 Å². The van der Waals surface area contributed by atoms with Crippen LogP contribution in [-0.2, 0) is 6.42 Å². The third kappa shape index (κ3) is 3.60. The molecular formula is C20H29N3. The number of aromatic nitrogens is 1. The highest BCUT2D eigenvalue weighted by molar-refractivity contribution is 5.94. The Bertz CT molecular complexity index is 651. The number of hydrogen-bond donors (Lipinski definition) is 1. The summed E-state index contributed by atoms with van der Waals surface area (Å²) in [6.45, 7) is 4.50. The number of nitrogens with two attached hydrogens (primary N) is 1. The topological polar surface area (TPSA) is 42.2 Å². The lowest BCUT2D eigenvalue weighted by Crippen LogP contribution is -2.26. The van der Waals surface area contributed by atoms with Crippen LogP contribution in [0.15, 0.2) is 24.3 Å². The van der Waals surface area contributed by atoms with Gasteiger partial charge in [-0.25, -0.2) is 4.98 Å². The average molecular weight is 311 g/mol. The van der Waals surface area contributed by atoms with Crippen molar-refractivity contribution in [1.82, 2.24) is 4.98 Å². The van der Waals surface area contributed by atoms with Crippen molar-refractivity contribution in [2.75, 3.05) is 23.7 Å². The molecule has 1 aliphatic rings. The zero-order chi connectivity index (χ0) is 16.1. The van der Waals surface area contributed by atoms with Gasteiger partial charge in [-0.3, -0.25) is 0 Å². The molecule has 0 unspecified atom stereocenters. The minimum absolute atomic E-state index is 0.948. The summed E-state index contributed by atoms with van der Waals surface area (Å²) in [5.41, 5.74) is 9.75. The third-order valence-corrected chi connectivity index (χ3v) is 4.95. The van der Waals surface area contributed by atoms with Gasteiger partial charge in [0.1, 0.15) is 5.82 Å². The van der Waals surface area contributed by atoms with Gasteiger partial charge in [0, 0.05) is 29.7 Å². The standard InChI is InChI=1S/C20H29N3/c1-2-3-4-5-9-14-23-15-10-8-12-17-19(21)16-11-6-7-13-18(16)22-20(17)23/h6-7,11,13H,2-5,8-10,12,14-15H2,1H3,(H2,21,22). The lowest BCUT2D eigenvalue weighted by molar-refractivity contribution is 0.610. The summed E-state index contributed by atoms with van der Waals surface area (Å²) in [6, 6.07) is 8.27. The highest BCUT2D eigenvalue weighted by Gasteiger charge is 2.20. The van der Waals surface area contributed by atoms with E-state index in [4.69, 9.17) is 10.7 Å². The molecule has 1 aliphatic heterocycles. The first-order valence-electron chi connectivity index (χ1n) is 9.23. The molecule has 3 nitrogen and oxygen atoms in total. The smallest absolute Gasteiger partial charge is 0.134 e. The van der Waals surface area contributed by atoms with Crippen molar-refractivity contribution in [2.24, 2.45) is 0 Å². The first-order valence-corrected chi connectivity index (χ1v) is 9.23. The van der Waals surface area contributed by atoms with E-state index in [0.29, 0.717) is 0 Å². The van der Waals surface area contributed by atoms with E-state index in [1.165, 1.54) is 50.5 Å². The number of rotatable bonds is 6. The van der Waals surface area contributed by atoms with Crippen LogP contribution >= 0.6 is 0 Å². The van der Waals surface area contributed by atoms with Crippen LogP contribution in [0.5, 0.6) is 0 Å². The van der Waals surface area contributed by atoms with Crippen molar-refractivity contribution in [3.63, 3.8) is 0 Å². The Kier molecular flexibility index (Phi) is 5.37. The van der Waals surface area contributed by atoms with Gasteiger partial charge in [-0.1, -0.05) is 50.8 Å². The average Bonchev–Trinajstić information content (AvgIpc) is 2.78. The molecular weight excluding hydrogens is 282 g/mol. The normalized spacial score (nSPS) is 14.7. The zero-order valence-electron chi connectivity index (χ0n) is 14.4. The number of para-hydroxylation sites is 1. The molecule has 3 rings (SSSR count). The van der Waals surface area contributed by atoms with Gasteiger partial charge in [-0.05, 0) is 31.7 Å². The Balaban J connectivity index is 1.84. The fourth-order valence-corrected chi connectivity index (χ4v) is 3.61. The molecule has 0 aliphatic carbocycles. The first kappa shape index (κ1) is 16.1. The second-order valence-electron chi connectivity index (χ2n) is 6.70. The van der Waals surface area contributed by atoms with Gasteiger partial charge in [-0.2, -0.15) is 0 Å². The van der Waals surface area contributed by atoms with Gasteiger partial charge in [0.15, 0.2) is 0 Å². The Morgan fingerprint density at radius 2 is 1.91 bits per heavy atom. The molecule has 2 aromatic rings. The summed E-state index contributed by atoms with van der Waals surface area (Å²) in [6.07, 6.45) is 10.1. The summed E-state index contributed by atoms with van der Waals surface area (Å²) in [4.78, 5) is 7.46. The summed E-state index contributed by atoms with van der Waals surface area (Å²) in [5, 5.41) is 1.11. The highest BCUT2D eigenvalue weighted by atomic mass is 15.2. The van der Waals surface area contributed by atoms with E-state index in [0.717, 1.165) is 41.9 Å². The Labute approximate surface area is 139 Å². The fourth-order valence-electron chi connectivity index (χ4n) is 3.61. The molecule has 3 heteroatoms. The lowest BCUT2D eigenvalue weighted by Gasteiger charge is -2.25. The molecule has 0 atom stereocenters. The molecule has 2 heterocycles. The van der Waals surface area contributed by atoms with Gasteiger partial charge in [0.2, 0.25) is 0 Å². The number of fused-ring (bicyclic) bond motifs is 2. The maximum atomic E-state index is 6.50. The Morgan fingerprint density at radius 3 is 2.78 bits per heavy atom. The van der Waals surface area contributed by atoms with Gasteiger partial charge < -0.3 is 10.6 Å². The lowest BCUT2D eigenvalue weighted by atomic mass is 10.0. The van der Waals surface area contributed by atoms with Crippen LogP contribution in [0.3, 0.4) is 0 Å². The number of benzene rings is 1. The Hall–Kier alpha value is -1.77. The van der Waals surface area contributed by atoms with E-state index in [1.54, 1.807) is 0 Å². The van der Waals surface area contributed by atoms with E-state index in [-0.39, 0.29) is 0 Å². The summed E-state index contributed by atoms with van der Waals surface area (Å²) in [7, 11) is 0. The van der Waals surface area contributed by atoms with Gasteiger partial charge in [0.05, 0.1) is 5.52 Å². The second-order valence-corrected chi connectivity index (χ2v) is 6.70. The molecule has 0 amide bonds. The van der Waals surface area contributed by atoms with Crippen molar-refractivity contribution in [3.8, 4) is 0 Å². The van der Waals surface area contributed by atoms with E-state index in [9.17, 15) is 0 Å². The van der Waals surface area contributed by atoms with Crippen LogP contribution in [0.2, 0.25) is 0 Å². The first-order chi connectivity index (χ1) is 11.3. The predicted octanol–water partition coefficient (Wildman–Crippen LogP) is 4.93. The number of unbranched alkanes of at least 4 members (excludes halogenated alkanes) is 4. The number of nitrogen functional groups attached to an aromatic ring is 1. The monoisotopic (exact) mass is 311 g/mol. The summed E-state index contributed by atoms with van der Waals surface area (Å²) >= 11 is 0. The van der Waals surface area contributed by atoms with Gasteiger partial charge in [-0.15, -0.1) is 0 Å². The molecule has 1 aromatic carbocycles. The van der Waals surface area contributed by atoms with Gasteiger partial charge >= 0.3 is 0 Å². The van der Waals surface area contributed by atoms with Crippen LogP contribution in [0.25, 0.3) is 10.9 Å². The van der Waals surface area contributed by atoms with E-state index >= 15 is 0 Å². The van der Waals surface area contributed by atoms with Crippen LogP contribution in [0, 0.1) is 0 Å². The summed E-state index contributed by atoms with van der Waals surface area (Å²) in [5.74, 6) is 1.15. The van der Waals surface area contributed by atoms with Crippen molar-refractivity contribution in [1.29, 1.82) is 0 Å². The van der Waals surface area contributed by atoms with Crippen LogP contribution in [0.4, 0.5) is 11.5 Å². The fraction of sp³-hybridized carbons (Fsp3) is 0.550. The number of pyridine rings is 1. The molecule has 0 radical (unpaired) electrons. The zero-order valence-corrected chi connectivity index (χ0v) is 14.4. The van der Waals surface area contributed by atoms with Crippen molar-refractivity contribution >= 4 is 22.4 Å². The summed E-state index contributed by atoms with van der Waals surface area (Å²) < 4.78 is 0. The minimum Gasteiger partial charge on any atom is -0.398 e. The molecule has 0 saturated heterocycles. The van der Waals surface area contributed by atoms with Crippen molar-refractivity contribution in [2.45, 2.75) is 58.3 Å². The van der Waals surface area contributed by atoms with Crippen LogP contribution in [0.1, 0.15) is 57.4 Å². The van der Waals surface area contributed by atoms with E-state index < -0.39 is 0 Å². The van der Waals surface area contributed by atoms with Crippen LogP contribution in [-0.4, -0.2) is 18.1 Å². The largest absolute Gasteiger partial charge is 0.398 e. The molecule has 124 valence electrons. The highest BCUT2D eigenvalue weighted by Crippen LogP contribution is 2.34. The molecule has 23 heavy (non-hydrogen) atoms. The molecule has 1 aromatic heterocycles. The SMILES string of the molecule is CCCCCCCN1CCCCc2c1nc1ccccc1c2N. The minimum atomic E-state index is 0.948. The van der Waals surface area contributed by atoms with Crippen LogP contribution < -0.4 is 10.6 Å². The molecule has 0 fully saturated rings. The number of nitrogens with zero attached hydrogens (tertiary/aromatic N) is 2. The molecule has 2 N–H and O–H groups in total. The predicted molar refractivity (Wildman–Crippen MR) is 100 cm³/mol. The van der Waals surface area contributed by atoms with Crippen molar-refractivity contribution in [3.05, 3.63) is 29.8 Å². The second kappa shape index (κ2) is 7.67. The quantitative estimate of drug-likeness (QED) is 0.769. The van der Waals surface area contributed by atoms with Crippen molar-refractivity contribution < 1.29 is 0 Å². The molecule has 0 spiro atoms. The number of anilines is 2. The van der Waals surface area contributed by atoms with E-state index in [1.807, 2.05) is 6.07 Å². The molecule has 0 saturated carbocycles. The maximum absolute atomic E-state index is 6.50. The third-order valence-electron chi connectivity index (χ3n) is 4.95. The number of hydrogen-bond acceptors (Lipinski definition) is 3. The maximum Gasteiger partial charge on any atom is 0.134 e. The van der Waals surface area contributed by atoms with Gasteiger partial charge in [0.25, 0.3) is 0 Å². The Morgan fingerprint density at radius 1 is 1.09 bits per heavy atom.